The Labute approximate surface area is 91.7 Å². The Morgan fingerprint density at radius 1 is 1.27 bits per heavy atom. The van der Waals surface area contributed by atoms with Crippen LogP contribution in [0.4, 0.5) is 5.82 Å². The first-order chi connectivity index (χ1) is 7.36. The fraction of sp³-hybridized carbons (Fsp3) is 0. The molecule has 0 fully saturated rings. The van der Waals surface area contributed by atoms with Crippen LogP contribution in [0.15, 0.2) is 41.9 Å². The lowest BCUT2D eigenvalue weighted by Gasteiger charge is -1.94. The first-order valence-corrected chi connectivity index (χ1v) is 4.64. The summed E-state index contributed by atoms with van der Waals surface area (Å²) in [6.45, 7) is 0. The molecule has 4 nitrogen and oxygen atoms in total. The number of pyridine rings is 1. The van der Waals surface area contributed by atoms with Crippen LogP contribution in [-0.2, 0) is 0 Å². The smallest absolute Gasteiger partial charge is 0.151 e. The highest BCUT2D eigenvalue weighted by Crippen LogP contribution is 2.10. The molecule has 0 bridgehead atoms. The van der Waals surface area contributed by atoms with E-state index >= 15 is 0 Å². The maximum atomic E-state index is 5.83. The molecule has 0 amide bonds. The molecular weight excluding hydrogens is 212 g/mol. The van der Waals surface area contributed by atoms with Gasteiger partial charge in [-0.15, -0.1) is 0 Å². The summed E-state index contributed by atoms with van der Waals surface area (Å²) >= 11 is 5.83. The topological polar surface area (TPSA) is 51.0 Å². The minimum Gasteiger partial charge on any atom is -0.244 e. The molecule has 74 valence electrons. The second-order valence-corrected chi connectivity index (χ2v) is 3.07. The quantitative estimate of drug-likeness (QED) is 0.574. The monoisotopic (exact) mass is 218 g/mol. The highest BCUT2D eigenvalue weighted by atomic mass is 35.5. The Morgan fingerprint density at radius 2 is 2.20 bits per heavy atom. The number of aliphatic imine (C=N–C) groups is 1. The van der Waals surface area contributed by atoms with Crippen molar-refractivity contribution in [3.8, 4) is 0 Å². The molecule has 2 aromatic rings. The van der Waals surface area contributed by atoms with Crippen LogP contribution in [0.25, 0.3) is 0 Å². The van der Waals surface area contributed by atoms with E-state index in [9.17, 15) is 0 Å². The Bertz CT molecular complexity index is 470. The van der Waals surface area contributed by atoms with Crippen molar-refractivity contribution >= 4 is 23.6 Å². The van der Waals surface area contributed by atoms with Crippen LogP contribution in [0, 0.1) is 0 Å². The molecule has 0 radical (unpaired) electrons. The van der Waals surface area contributed by atoms with Gasteiger partial charge in [-0.2, -0.15) is 0 Å². The van der Waals surface area contributed by atoms with Crippen LogP contribution in [0.3, 0.4) is 0 Å². The summed E-state index contributed by atoms with van der Waals surface area (Å²) in [5, 5.41) is 0.379. The molecule has 0 N–H and O–H groups in total. The Hall–Kier alpha value is -1.81. The standard InChI is InChI=1S/C10H7ClN4/c11-10-8(5-12-7-15-10)6-14-9-3-1-2-4-13-9/h1-7H. The van der Waals surface area contributed by atoms with Crippen LogP contribution in [0.1, 0.15) is 5.56 Å². The van der Waals surface area contributed by atoms with Crippen molar-refractivity contribution in [2.75, 3.05) is 0 Å². The lowest BCUT2D eigenvalue weighted by molar-refractivity contribution is 1.16. The van der Waals surface area contributed by atoms with Crippen molar-refractivity contribution in [1.29, 1.82) is 0 Å². The third-order valence-electron chi connectivity index (χ3n) is 1.67. The minimum atomic E-state index is 0.379. The molecule has 0 aliphatic heterocycles. The molecule has 0 atom stereocenters. The first-order valence-electron chi connectivity index (χ1n) is 4.27. The lowest BCUT2D eigenvalue weighted by Crippen LogP contribution is -1.88. The summed E-state index contributed by atoms with van der Waals surface area (Å²) in [6.07, 6.45) is 6.25. The van der Waals surface area contributed by atoms with Crippen molar-refractivity contribution in [3.63, 3.8) is 0 Å². The van der Waals surface area contributed by atoms with E-state index < -0.39 is 0 Å². The molecule has 2 aromatic heterocycles. The number of hydrogen-bond donors (Lipinski definition) is 0. The van der Waals surface area contributed by atoms with Gasteiger partial charge in [0.05, 0.1) is 0 Å². The zero-order valence-electron chi connectivity index (χ0n) is 7.71. The van der Waals surface area contributed by atoms with Gasteiger partial charge in [-0.25, -0.2) is 19.9 Å². The van der Waals surface area contributed by atoms with Crippen molar-refractivity contribution in [2.45, 2.75) is 0 Å². The van der Waals surface area contributed by atoms with E-state index in [0.29, 0.717) is 16.5 Å². The van der Waals surface area contributed by atoms with Crippen LogP contribution in [-0.4, -0.2) is 21.2 Å². The molecule has 0 saturated carbocycles. The van der Waals surface area contributed by atoms with E-state index in [1.165, 1.54) is 6.33 Å². The molecule has 0 aliphatic rings. The maximum Gasteiger partial charge on any atom is 0.151 e. The van der Waals surface area contributed by atoms with Gasteiger partial charge in [-0.1, -0.05) is 17.7 Å². The predicted octanol–water partition coefficient (Wildman–Crippen LogP) is 2.28. The average Bonchev–Trinajstić information content (AvgIpc) is 2.29. The molecule has 2 heterocycles. The predicted molar refractivity (Wildman–Crippen MR) is 58.5 cm³/mol. The molecule has 15 heavy (non-hydrogen) atoms. The van der Waals surface area contributed by atoms with Crippen LogP contribution >= 0.6 is 11.6 Å². The number of nitrogens with zero attached hydrogens (tertiary/aromatic N) is 4. The van der Waals surface area contributed by atoms with Crippen LogP contribution in [0.2, 0.25) is 5.15 Å². The maximum absolute atomic E-state index is 5.83. The van der Waals surface area contributed by atoms with E-state index in [0.717, 1.165) is 0 Å². The molecule has 2 rings (SSSR count). The Balaban J connectivity index is 2.23. The second kappa shape index (κ2) is 4.61. The summed E-state index contributed by atoms with van der Waals surface area (Å²) in [6, 6.07) is 5.49. The third-order valence-corrected chi connectivity index (χ3v) is 1.99. The highest BCUT2D eigenvalue weighted by Gasteiger charge is 1.96. The summed E-state index contributed by atoms with van der Waals surface area (Å²) in [5.74, 6) is 0.623. The van der Waals surface area contributed by atoms with Gasteiger partial charge >= 0.3 is 0 Å². The molecule has 5 heteroatoms. The van der Waals surface area contributed by atoms with Gasteiger partial charge < -0.3 is 0 Å². The number of aromatic nitrogens is 3. The molecule has 0 unspecified atom stereocenters. The van der Waals surface area contributed by atoms with Gasteiger partial charge in [0.2, 0.25) is 0 Å². The van der Waals surface area contributed by atoms with Crippen LogP contribution in [0.5, 0.6) is 0 Å². The summed E-state index contributed by atoms with van der Waals surface area (Å²) in [4.78, 5) is 15.9. The third kappa shape index (κ3) is 2.57. The lowest BCUT2D eigenvalue weighted by atomic mass is 10.4. The van der Waals surface area contributed by atoms with Crippen molar-refractivity contribution in [2.24, 2.45) is 4.99 Å². The number of halogens is 1. The van der Waals surface area contributed by atoms with E-state index in [1.54, 1.807) is 24.7 Å². The van der Waals surface area contributed by atoms with Gasteiger partial charge in [0.15, 0.2) is 5.82 Å². The normalized spacial score (nSPS) is 10.7. The SMILES string of the molecule is Clc1ncncc1C=Nc1ccccn1. The van der Waals surface area contributed by atoms with E-state index in [2.05, 4.69) is 19.9 Å². The van der Waals surface area contributed by atoms with Crippen molar-refractivity contribution in [1.82, 2.24) is 15.0 Å². The zero-order valence-corrected chi connectivity index (χ0v) is 8.46. The second-order valence-electron chi connectivity index (χ2n) is 2.72. The average molecular weight is 219 g/mol. The molecule has 0 aromatic carbocycles. The van der Waals surface area contributed by atoms with Crippen molar-refractivity contribution < 1.29 is 0 Å². The van der Waals surface area contributed by atoms with E-state index in [-0.39, 0.29) is 0 Å². The molecular formula is C10H7ClN4. The van der Waals surface area contributed by atoms with Gasteiger partial charge in [-0.3, -0.25) is 0 Å². The van der Waals surface area contributed by atoms with E-state index in [1.807, 2.05) is 12.1 Å². The Morgan fingerprint density at radius 3 is 2.93 bits per heavy atom. The summed E-state index contributed by atoms with van der Waals surface area (Å²) in [5.41, 5.74) is 0.671. The molecule has 0 spiro atoms. The first kappa shape index (κ1) is 9.73. The fourth-order valence-corrected chi connectivity index (χ4v) is 1.12. The van der Waals surface area contributed by atoms with Crippen LogP contribution < -0.4 is 0 Å². The van der Waals surface area contributed by atoms with E-state index in [4.69, 9.17) is 11.6 Å². The largest absolute Gasteiger partial charge is 0.244 e. The summed E-state index contributed by atoms with van der Waals surface area (Å²) in [7, 11) is 0. The summed E-state index contributed by atoms with van der Waals surface area (Å²) < 4.78 is 0. The zero-order chi connectivity index (χ0) is 10.5. The molecule has 0 aliphatic carbocycles. The number of hydrogen-bond acceptors (Lipinski definition) is 4. The van der Waals surface area contributed by atoms with Crippen molar-refractivity contribution in [3.05, 3.63) is 47.6 Å². The van der Waals surface area contributed by atoms with Gasteiger partial charge in [0.1, 0.15) is 11.5 Å². The number of rotatable bonds is 2. The minimum absolute atomic E-state index is 0.379. The Kier molecular flexibility index (Phi) is 2.99. The molecule has 0 saturated heterocycles. The van der Waals surface area contributed by atoms with Gasteiger partial charge in [-0.05, 0) is 12.1 Å². The van der Waals surface area contributed by atoms with Gasteiger partial charge in [0, 0.05) is 24.2 Å². The highest BCUT2D eigenvalue weighted by molar-refractivity contribution is 6.31. The van der Waals surface area contributed by atoms with Gasteiger partial charge in [0.25, 0.3) is 0 Å². The fourth-order valence-electron chi connectivity index (χ4n) is 0.978.